The molecule has 0 aliphatic rings. The highest BCUT2D eigenvalue weighted by Gasteiger charge is 2.10. The van der Waals surface area contributed by atoms with Crippen molar-refractivity contribution in [3.05, 3.63) is 0 Å². The van der Waals surface area contributed by atoms with Crippen LogP contribution >= 0.6 is 0 Å². The van der Waals surface area contributed by atoms with Crippen molar-refractivity contribution in [2.75, 3.05) is 6.54 Å². The van der Waals surface area contributed by atoms with Gasteiger partial charge < -0.3 is 15.7 Å². The van der Waals surface area contributed by atoms with Gasteiger partial charge in [-0.3, -0.25) is 4.79 Å². The lowest BCUT2D eigenvalue weighted by Gasteiger charge is -2.10. The fourth-order valence-electron chi connectivity index (χ4n) is 1.05. The van der Waals surface area contributed by atoms with Gasteiger partial charge in [0, 0.05) is 12.6 Å². The molecule has 88 valence electrons. The average molecular weight is 216 g/mol. The van der Waals surface area contributed by atoms with Crippen molar-refractivity contribution in [2.45, 2.75) is 39.7 Å². The normalized spacial score (nSPS) is 12.3. The first-order chi connectivity index (χ1) is 6.93. The molecule has 0 aliphatic carbocycles. The maximum absolute atomic E-state index is 11.1. The Balaban J connectivity index is 3.46. The molecule has 0 aliphatic heterocycles. The SMILES string of the molecule is CC(C)NC(=O)NCCCC(C)C(=O)O. The summed E-state index contributed by atoms with van der Waals surface area (Å²) in [7, 11) is 0. The number of carboxylic acids is 1. The highest BCUT2D eigenvalue weighted by molar-refractivity contribution is 5.74. The van der Waals surface area contributed by atoms with E-state index in [-0.39, 0.29) is 18.0 Å². The molecule has 2 amide bonds. The summed E-state index contributed by atoms with van der Waals surface area (Å²) < 4.78 is 0. The molecule has 3 N–H and O–H groups in total. The van der Waals surface area contributed by atoms with E-state index in [0.717, 1.165) is 0 Å². The largest absolute Gasteiger partial charge is 0.481 e. The third kappa shape index (κ3) is 7.78. The van der Waals surface area contributed by atoms with Crippen molar-refractivity contribution >= 4 is 12.0 Å². The molecular formula is C10H20N2O3. The molecule has 5 nitrogen and oxygen atoms in total. The molecule has 0 heterocycles. The minimum atomic E-state index is -0.790. The van der Waals surface area contributed by atoms with Gasteiger partial charge in [0.25, 0.3) is 0 Å². The zero-order chi connectivity index (χ0) is 11.8. The first-order valence-corrected chi connectivity index (χ1v) is 5.20. The highest BCUT2D eigenvalue weighted by atomic mass is 16.4. The van der Waals surface area contributed by atoms with E-state index in [1.54, 1.807) is 6.92 Å². The molecule has 0 aromatic heterocycles. The van der Waals surface area contributed by atoms with E-state index in [0.29, 0.717) is 19.4 Å². The minimum absolute atomic E-state index is 0.114. The van der Waals surface area contributed by atoms with Gasteiger partial charge >= 0.3 is 12.0 Å². The van der Waals surface area contributed by atoms with Crippen molar-refractivity contribution < 1.29 is 14.7 Å². The zero-order valence-corrected chi connectivity index (χ0v) is 9.54. The maximum atomic E-state index is 11.1. The third-order valence-corrected chi connectivity index (χ3v) is 1.94. The second-order valence-corrected chi connectivity index (χ2v) is 3.94. The fraction of sp³-hybridized carbons (Fsp3) is 0.800. The first-order valence-electron chi connectivity index (χ1n) is 5.20. The molecule has 0 aromatic carbocycles. The Morgan fingerprint density at radius 2 is 1.87 bits per heavy atom. The Kier molecular flexibility index (Phi) is 6.49. The molecule has 0 saturated heterocycles. The monoisotopic (exact) mass is 216 g/mol. The molecule has 0 radical (unpaired) electrons. The van der Waals surface area contributed by atoms with Crippen LogP contribution in [-0.2, 0) is 4.79 Å². The van der Waals surface area contributed by atoms with Gasteiger partial charge in [0.05, 0.1) is 5.92 Å². The van der Waals surface area contributed by atoms with Gasteiger partial charge in [-0.05, 0) is 26.7 Å². The van der Waals surface area contributed by atoms with E-state index >= 15 is 0 Å². The van der Waals surface area contributed by atoms with Gasteiger partial charge in [-0.25, -0.2) is 4.79 Å². The number of rotatable bonds is 6. The van der Waals surface area contributed by atoms with Gasteiger partial charge in [0.15, 0.2) is 0 Å². The summed E-state index contributed by atoms with van der Waals surface area (Å²) in [5, 5.41) is 14.0. The van der Waals surface area contributed by atoms with Crippen molar-refractivity contribution in [1.29, 1.82) is 0 Å². The minimum Gasteiger partial charge on any atom is -0.481 e. The predicted octanol–water partition coefficient (Wildman–Crippen LogP) is 1.19. The summed E-state index contributed by atoms with van der Waals surface area (Å²) in [5.74, 6) is -1.14. The van der Waals surface area contributed by atoms with Crippen LogP contribution in [0.3, 0.4) is 0 Å². The van der Waals surface area contributed by atoms with Gasteiger partial charge in [-0.2, -0.15) is 0 Å². The zero-order valence-electron chi connectivity index (χ0n) is 9.54. The molecule has 0 spiro atoms. The standard InChI is InChI=1S/C10H20N2O3/c1-7(2)12-10(15)11-6-4-5-8(3)9(13)14/h7-8H,4-6H2,1-3H3,(H,13,14)(H2,11,12,15). The van der Waals surface area contributed by atoms with Crippen LogP contribution in [-0.4, -0.2) is 29.7 Å². The van der Waals surface area contributed by atoms with Crippen LogP contribution in [0, 0.1) is 5.92 Å². The third-order valence-electron chi connectivity index (χ3n) is 1.94. The smallest absolute Gasteiger partial charge is 0.314 e. The quantitative estimate of drug-likeness (QED) is 0.584. The lowest BCUT2D eigenvalue weighted by Crippen LogP contribution is -2.39. The lowest BCUT2D eigenvalue weighted by molar-refractivity contribution is -0.141. The molecule has 15 heavy (non-hydrogen) atoms. The summed E-state index contributed by atoms with van der Waals surface area (Å²) in [6.45, 7) is 5.94. The summed E-state index contributed by atoms with van der Waals surface area (Å²) in [6.07, 6.45) is 1.26. The molecular weight excluding hydrogens is 196 g/mol. The molecule has 0 aromatic rings. The molecule has 0 bridgehead atoms. The molecule has 1 unspecified atom stereocenters. The number of nitrogens with one attached hydrogen (secondary N) is 2. The fourth-order valence-corrected chi connectivity index (χ4v) is 1.05. The van der Waals surface area contributed by atoms with Crippen molar-refractivity contribution in [2.24, 2.45) is 5.92 Å². The number of carboxylic acid groups (broad SMARTS) is 1. The number of urea groups is 1. The summed E-state index contributed by atoms with van der Waals surface area (Å²) >= 11 is 0. The second-order valence-electron chi connectivity index (χ2n) is 3.94. The van der Waals surface area contributed by atoms with E-state index in [1.807, 2.05) is 13.8 Å². The number of amides is 2. The van der Waals surface area contributed by atoms with Crippen molar-refractivity contribution in [3.63, 3.8) is 0 Å². The highest BCUT2D eigenvalue weighted by Crippen LogP contribution is 2.03. The summed E-state index contributed by atoms with van der Waals surface area (Å²) in [6, 6.07) is -0.0871. The summed E-state index contributed by atoms with van der Waals surface area (Å²) in [5.41, 5.74) is 0. The van der Waals surface area contributed by atoms with Crippen LogP contribution in [0.15, 0.2) is 0 Å². The van der Waals surface area contributed by atoms with Gasteiger partial charge in [-0.1, -0.05) is 6.92 Å². The van der Waals surface area contributed by atoms with Crippen LogP contribution in [0.2, 0.25) is 0 Å². The predicted molar refractivity (Wildman–Crippen MR) is 57.7 cm³/mol. The van der Waals surface area contributed by atoms with Gasteiger partial charge in [0.1, 0.15) is 0 Å². The average Bonchev–Trinajstić information content (AvgIpc) is 2.10. The topological polar surface area (TPSA) is 78.4 Å². The van der Waals surface area contributed by atoms with Crippen molar-refractivity contribution in [3.8, 4) is 0 Å². The first kappa shape index (κ1) is 13.7. The van der Waals surface area contributed by atoms with Crippen LogP contribution in [0.1, 0.15) is 33.6 Å². The van der Waals surface area contributed by atoms with Crippen LogP contribution < -0.4 is 10.6 Å². The maximum Gasteiger partial charge on any atom is 0.314 e. The Morgan fingerprint density at radius 3 is 2.33 bits per heavy atom. The van der Waals surface area contributed by atoms with E-state index in [9.17, 15) is 9.59 Å². The van der Waals surface area contributed by atoms with E-state index in [4.69, 9.17) is 5.11 Å². The number of aliphatic carboxylic acids is 1. The number of hydrogen-bond donors (Lipinski definition) is 3. The Morgan fingerprint density at radius 1 is 1.27 bits per heavy atom. The van der Waals surface area contributed by atoms with Gasteiger partial charge in [0.2, 0.25) is 0 Å². The number of carbonyl (C=O) groups excluding carboxylic acids is 1. The second kappa shape index (κ2) is 7.09. The van der Waals surface area contributed by atoms with E-state index < -0.39 is 5.97 Å². The van der Waals surface area contributed by atoms with Crippen LogP contribution in [0.25, 0.3) is 0 Å². The molecule has 1 atom stereocenters. The van der Waals surface area contributed by atoms with E-state index in [1.165, 1.54) is 0 Å². The number of hydrogen-bond acceptors (Lipinski definition) is 2. The number of carbonyl (C=O) groups is 2. The molecule has 0 rings (SSSR count). The van der Waals surface area contributed by atoms with Gasteiger partial charge in [-0.15, -0.1) is 0 Å². The Labute approximate surface area is 90.2 Å². The lowest BCUT2D eigenvalue weighted by atomic mass is 10.1. The molecule has 5 heteroatoms. The van der Waals surface area contributed by atoms with Crippen molar-refractivity contribution in [1.82, 2.24) is 10.6 Å². The van der Waals surface area contributed by atoms with Crippen LogP contribution in [0.4, 0.5) is 4.79 Å². The summed E-state index contributed by atoms with van der Waals surface area (Å²) in [4.78, 5) is 21.6. The van der Waals surface area contributed by atoms with E-state index in [2.05, 4.69) is 10.6 Å². The Hall–Kier alpha value is -1.26. The molecule has 0 fully saturated rings. The Bertz CT molecular complexity index is 217. The molecule has 0 saturated carbocycles. The van der Waals surface area contributed by atoms with Crippen LogP contribution in [0.5, 0.6) is 0 Å².